The minimum Gasteiger partial charge on any atom is -0.462 e. The number of hydrogen-bond acceptors (Lipinski definition) is 6. The number of unbranched alkanes of at least 4 members (excludes halogenated alkanes) is 42. The van der Waals surface area contributed by atoms with Crippen LogP contribution in [0, 0.1) is 11.8 Å². The van der Waals surface area contributed by atoms with Gasteiger partial charge in [0.25, 0.3) is 0 Å². The molecule has 0 radical (unpaired) electrons. The van der Waals surface area contributed by atoms with E-state index in [9.17, 15) is 14.4 Å². The van der Waals surface area contributed by atoms with Gasteiger partial charge in [0.1, 0.15) is 13.2 Å². The summed E-state index contributed by atoms with van der Waals surface area (Å²) < 4.78 is 16.9. The van der Waals surface area contributed by atoms with Gasteiger partial charge in [-0.15, -0.1) is 0 Å². The van der Waals surface area contributed by atoms with E-state index in [1.807, 2.05) is 0 Å². The summed E-state index contributed by atoms with van der Waals surface area (Å²) >= 11 is 0. The standard InChI is InChI=1S/C63H122O6/c1-6-7-8-9-10-11-12-13-14-15-19-22-25-28-33-38-43-48-53-61(64)67-56-60(57-68-62(65)54-49-44-39-35-30-32-37-42-47-52-59(4)5)69-63(66)55-50-45-40-34-29-26-23-20-17-16-18-21-24-27-31-36-41-46-51-58(2)3/h58-60H,6-57H2,1-5H3/t60-/m1/s1. The largest absolute Gasteiger partial charge is 0.462 e. The minimum atomic E-state index is -0.763. The van der Waals surface area contributed by atoms with Crippen LogP contribution >= 0.6 is 0 Å². The summed E-state index contributed by atoms with van der Waals surface area (Å²) in [6.45, 7) is 11.4. The lowest BCUT2D eigenvalue weighted by Gasteiger charge is -2.18. The van der Waals surface area contributed by atoms with E-state index in [0.29, 0.717) is 19.3 Å². The molecule has 0 aromatic carbocycles. The maximum absolute atomic E-state index is 12.9. The van der Waals surface area contributed by atoms with E-state index < -0.39 is 6.10 Å². The summed E-state index contributed by atoms with van der Waals surface area (Å²) in [4.78, 5) is 38.2. The molecule has 0 aliphatic carbocycles. The van der Waals surface area contributed by atoms with Crippen molar-refractivity contribution in [2.75, 3.05) is 13.2 Å². The van der Waals surface area contributed by atoms with Crippen LogP contribution in [-0.2, 0) is 28.6 Å². The van der Waals surface area contributed by atoms with Crippen LogP contribution in [0.2, 0.25) is 0 Å². The second-order valence-electron chi connectivity index (χ2n) is 22.6. The van der Waals surface area contributed by atoms with Gasteiger partial charge in [0, 0.05) is 19.3 Å². The van der Waals surface area contributed by atoms with Gasteiger partial charge in [0.05, 0.1) is 0 Å². The molecule has 6 heteroatoms. The Hall–Kier alpha value is -1.59. The molecule has 0 aliphatic rings. The van der Waals surface area contributed by atoms with E-state index in [1.165, 1.54) is 244 Å². The van der Waals surface area contributed by atoms with Crippen molar-refractivity contribution in [3.63, 3.8) is 0 Å². The molecule has 410 valence electrons. The third-order valence-electron chi connectivity index (χ3n) is 14.5. The number of carbonyl (C=O) groups is 3. The van der Waals surface area contributed by atoms with Crippen molar-refractivity contribution in [1.82, 2.24) is 0 Å². The zero-order valence-corrected chi connectivity index (χ0v) is 47.5. The summed E-state index contributed by atoms with van der Waals surface area (Å²) in [6.07, 6.45) is 61.1. The van der Waals surface area contributed by atoms with Crippen LogP contribution in [0.4, 0.5) is 0 Å². The van der Waals surface area contributed by atoms with Crippen molar-refractivity contribution in [2.45, 2.75) is 362 Å². The zero-order chi connectivity index (χ0) is 50.4. The molecule has 0 spiro atoms. The molecule has 0 N–H and O–H groups in total. The third-order valence-corrected chi connectivity index (χ3v) is 14.5. The Labute approximate surface area is 431 Å². The molecule has 0 unspecified atom stereocenters. The number of hydrogen-bond donors (Lipinski definition) is 0. The molecular weight excluding hydrogens is 853 g/mol. The summed E-state index contributed by atoms with van der Waals surface area (Å²) in [5.74, 6) is 0.831. The first-order chi connectivity index (χ1) is 33.7. The molecule has 0 saturated heterocycles. The highest BCUT2D eigenvalue weighted by atomic mass is 16.6. The smallest absolute Gasteiger partial charge is 0.306 e. The van der Waals surface area contributed by atoms with Crippen molar-refractivity contribution in [2.24, 2.45) is 11.8 Å². The van der Waals surface area contributed by atoms with Crippen LogP contribution in [0.25, 0.3) is 0 Å². The monoisotopic (exact) mass is 975 g/mol. The van der Waals surface area contributed by atoms with Crippen LogP contribution in [0.15, 0.2) is 0 Å². The van der Waals surface area contributed by atoms with Gasteiger partial charge in [-0.05, 0) is 31.1 Å². The molecular formula is C63H122O6. The van der Waals surface area contributed by atoms with Gasteiger partial charge in [-0.3, -0.25) is 14.4 Å². The van der Waals surface area contributed by atoms with Crippen molar-refractivity contribution in [3.8, 4) is 0 Å². The summed E-state index contributed by atoms with van der Waals surface area (Å²) in [7, 11) is 0. The molecule has 0 bridgehead atoms. The van der Waals surface area contributed by atoms with Gasteiger partial charge in [-0.2, -0.15) is 0 Å². The lowest BCUT2D eigenvalue weighted by Crippen LogP contribution is -2.30. The first kappa shape index (κ1) is 67.4. The van der Waals surface area contributed by atoms with E-state index >= 15 is 0 Å². The number of ether oxygens (including phenoxy) is 3. The van der Waals surface area contributed by atoms with Crippen LogP contribution in [0.5, 0.6) is 0 Å². The highest BCUT2D eigenvalue weighted by Crippen LogP contribution is 2.19. The second-order valence-corrected chi connectivity index (χ2v) is 22.6. The van der Waals surface area contributed by atoms with Gasteiger partial charge >= 0.3 is 17.9 Å². The Morgan fingerprint density at radius 3 is 0.710 bits per heavy atom. The Balaban J connectivity index is 4.24. The lowest BCUT2D eigenvalue weighted by atomic mass is 10.0. The fourth-order valence-electron chi connectivity index (χ4n) is 9.76. The minimum absolute atomic E-state index is 0.0624. The third kappa shape index (κ3) is 57.2. The number of esters is 3. The Bertz CT molecular complexity index is 1060. The van der Waals surface area contributed by atoms with Crippen LogP contribution < -0.4 is 0 Å². The molecule has 0 amide bonds. The van der Waals surface area contributed by atoms with Crippen LogP contribution in [0.1, 0.15) is 356 Å². The highest BCUT2D eigenvalue weighted by Gasteiger charge is 2.19. The van der Waals surface area contributed by atoms with Gasteiger partial charge in [-0.25, -0.2) is 0 Å². The van der Waals surface area contributed by atoms with E-state index in [4.69, 9.17) is 14.2 Å². The first-order valence-corrected chi connectivity index (χ1v) is 31.2. The maximum Gasteiger partial charge on any atom is 0.306 e. The van der Waals surface area contributed by atoms with Crippen molar-refractivity contribution in [1.29, 1.82) is 0 Å². The van der Waals surface area contributed by atoms with Crippen molar-refractivity contribution in [3.05, 3.63) is 0 Å². The van der Waals surface area contributed by atoms with E-state index in [2.05, 4.69) is 34.6 Å². The summed E-state index contributed by atoms with van der Waals surface area (Å²) in [5, 5.41) is 0. The number of rotatable bonds is 57. The summed E-state index contributed by atoms with van der Waals surface area (Å²) in [5.41, 5.74) is 0. The van der Waals surface area contributed by atoms with Gasteiger partial charge in [0.15, 0.2) is 6.10 Å². The summed E-state index contributed by atoms with van der Waals surface area (Å²) in [6, 6.07) is 0. The molecule has 0 saturated carbocycles. The molecule has 69 heavy (non-hydrogen) atoms. The predicted octanol–water partition coefficient (Wildman–Crippen LogP) is 20.8. The van der Waals surface area contributed by atoms with Gasteiger partial charge in [0.2, 0.25) is 0 Å². The number of carbonyl (C=O) groups excluding carboxylic acids is 3. The fourth-order valence-corrected chi connectivity index (χ4v) is 9.76. The van der Waals surface area contributed by atoms with Gasteiger partial charge < -0.3 is 14.2 Å². The normalized spacial score (nSPS) is 12.0. The SMILES string of the molecule is CCCCCCCCCCCCCCCCCCCCC(=O)OC[C@H](COC(=O)CCCCCCCCCCCC(C)C)OC(=O)CCCCCCCCCCCCCCCCCCCCC(C)C. The Morgan fingerprint density at radius 1 is 0.275 bits per heavy atom. The van der Waals surface area contributed by atoms with E-state index in [0.717, 1.165) is 69.6 Å². The highest BCUT2D eigenvalue weighted by molar-refractivity contribution is 5.71. The zero-order valence-electron chi connectivity index (χ0n) is 47.5. The van der Waals surface area contributed by atoms with Crippen LogP contribution in [0.3, 0.4) is 0 Å². The van der Waals surface area contributed by atoms with Crippen molar-refractivity contribution < 1.29 is 28.6 Å². The molecule has 6 nitrogen and oxygen atoms in total. The van der Waals surface area contributed by atoms with Crippen LogP contribution in [-0.4, -0.2) is 37.2 Å². The Morgan fingerprint density at radius 2 is 0.478 bits per heavy atom. The lowest BCUT2D eigenvalue weighted by molar-refractivity contribution is -0.167. The van der Waals surface area contributed by atoms with E-state index in [1.54, 1.807) is 0 Å². The second kappa shape index (κ2) is 55.7. The molecule has 0 aromatic heterocycles. The van der Waals surface area contributed by atoms with Crippen molar-refractivity contribution >= 4 is 17.9 Å². The first-order valence-electron chi connectivity index (χ1n) is 31.2. The topological polar surface area (TPSA) is 78.9 Å². The Kier molecular flexibility index (Phi) is 54.4. The van der Waals surface area contributed by atoms with E-state index in [-0.39, 0.29) is 31.1 Å². The molecule has 0 aliphatic heterocycles. The molecule has 1 atom stereocenters. The molecule has 0 aromatic rings. The predicted molar refractivity (Wildman–Crippen MR) is 298 cm³/mol. The average Bonchev–Trinajstić information content (AvgIpc) is 3.32. The quantitative estimate of drug-likeness (QED) is 0.0343. The fraction of sp³-hybridized carbons (Fsp3) is 0.952. The molecule has 0 fully saturated rings. The molecule has 0 rings (SSSR count). The average molecular weight is 976 g/mol. The van der Waals surface area contributed by atoms with Gasteiger partial charge in [-0.1, -0.05) is 317 Å². The maximum atomic E-state index is 12.9. The molecule has 0 heterocycles.